The zero-order chi connectivity index (χ0) is 19.8. The Kier molecular flexibility index (Phi) is 5.43. The van der Waals surface area contributed by atoms with Gasteiger partial charge >= 0.3 is 0 Å². The molecule has 152 valence electrons. The molecule has 0 amide bonds. The molecule has 3 aromatic rings. The molecule has 8 heteroatoms. The normalized spacial score (nSPS) is 17.3. The van der Waals surface area contributed by atoms with E-state index in [1.54, 1.807) is 23.1 Å². The lowest BCUT2D eigenvalue weighted by Gasteiger charge is -2.40. The van der Waals surface area contributed by atoms with Gasteiger partial charge in [0, 0.05) is 21.3 Å². The predicted octanol–water partition coefficient (Wildman–Crippen LogP) is 4.55. The Morgan fingerprint density at radius 3 is 2.76 bits per heavy atom. The number of fused-ring (bicyclic) bond motifs is 3. The molecule has 2 N–H and O–H groups in total. The number of rotatable bonds is 7. The van der Waals surface area contributed by atoms with Crippen molar-refractivity contribution < 1.29 is 9.84 Å². The Balaban J connectivity index is 1.43. The monoisotopic (exact) mass is 447 g/mol. The molecule has 3 heterocycles. The fourth-order valence-corrected chi connectivity index (χ4v) is 5.98. The molecule has 0 bridgehead atoms. The molecule has 29 heavy (non-hydrogen) atoms. The van der Waals surface area contributed by atoms with Gasteiger partial charge in [-0.1, -0.05) is 11.6 Å². The first-order chi connectivity index (χ1) is 14.2. The second-order valence-corrected chi connectivity index (χ2v) is 10.3. The maximum Gasteiger partial charge on any atom is 0.142 e. The number of hydrogen-bond donors (Lipinski definition) is 2. The van der Waals surface area contributed by atoms with Gasteiger partial charge in [-0.3, -0.25) is 0 Å². The number of thioether (sulfide) groups is 1. The lowest BCUT2D eigenvalue weighted by Crippen LogP contribution is -2.50. The highest BCUT2D eigenvalue weighted by molar-refractivity contribution is 7.98. The highest BCUT2D eigenvalue weighted by atomic mass is 35.5. The van der Waals surface area contributed by atoms with Crippen LogP contribution in [0.5, 0.6) is 0 Å². The number of aromatic nitrogens is 2. The van der Waals surface area contributed by atoms with Gasteiger partial charge in [-0.25, -0.2) is 9.97 Å². The number of aliphatic hydroxyl groups excluding tert-OH is 1. The summed E-state index contributed by atoms with van der Waals surface area (Å²) in [6.07, 6.45) is 3.44. The van der Waals surface area contributed by atoms with E-state index in [0.717, 1.165) is 39.2 Å². The summed E-state index contributed by atoms with van der Waals surface area (Å²) in [5.41, 5.74) is 1.21. The van der Waals surface area contributed by atoms with Gasteiger partial charge in [0.05, 0.1) is 36.4 Å². The molecule has 5 rings (SSSR count). The number of anilines is 1. The number of aliphatic hydroxyl groups is 1. The van der Waals surface area contributed by atoms with Crippen molar-refractivity contribution in [2.45, 2.75) is 29.9 Å². The van der Waals surface area contributed by atoms with Crippen LogP contribution in [0, 0.1) is 5.41 Å². The fourth-order valence-electron chi connectivity index (χ4n) is 3.82. The van der Waals surface area contributed by atoms with E-state index in [4.69, 9.17) is 26.3 Å². The minimum absolute atomic E-state index is 0.120. The molecule has 0 spiro atoms. The molecular formula is C21H22ClN3O2S2. The van der Waals surface area contributed by atoms with Crippen molar-refractivity contribution >= 4 is 50.7 Å². The summed E-state index contributed by atoms with van der Waals surface area (Å²) in [5.74, 6) is 2.42. The molecule has 1 saturated heterocycles. The highest BCUT2D eigenvalue weighted by Crippen LogP contribution is 2.40. The van der Waals surface area contributed by atoms with Crippen molar-refractivity contribution in [3.63, 3.8) is 0 Å². The number of hydrogen-bond acceptors (Lipinski definition) is 7. The minimum Gasteiger partial charge on any atom is -0.396 e. The van der Waals surface area contributed by atoms with E-state index in [0.29, 0.717) is 25.5 Å². The number of ether oxygens (including phenoxy) is 1. The zero-order valence-electron chi connectivity index (χ0n) is 15.9. The van der Waals surface area contributed by atoms with Crippen molar-refractivity contribution in [1.29, 1.82) is 0 Å². The minimum atomic E-state index is -0.200. The summed E-state index contributed by atoms with van der Waals surface area (Å²) in [7, 11) is 0. The zero-order valence-corrected chi connectivity index (χ0v) is 18.3. The summed E-state index contributed by atoms with van der Waals surface area (Å²) in [4.78, 5) is 13.4. The highest BCUT2D eigenvalue weighted by Gasteiger charge is 2.38. The number of halogens is 1. The van der Waals surface area contributed by atoms with Crippen LogP contribution in [-0.2, 0) is 23.3 Å². The third-order valence-corrected chi connectivity index (χ3v) is 8.02. The Labute approximate surface area is 182 Å². The third kappa shape index (κ3) is 3.86. The maximum absolute atomic E-state index is 9.76. The molecule has 1 aromatic carbocycles. The van der Waals surface area contributed by atoms with Gasteiger partial charge in [0.25, 0.3) is 0 Å². The summed E-state index contributed by atoms with van der Waals surface area (Å²) in [5, 5.41) is 15.2. The van der Waals surface area contributed by atoms with E-state index in [1.807, 2.05) is 24.3 Å². The van der Waals surface area contributed by atoms with Crippen molar-refractivity contribution in [2.24, 2.45) is 5.41 Å². The first-order valence-corrected chi connectivity index (χ1v) is 12.0. The lowest BCUT2D eigenvalue weighted by atomic mass is 9.87. The Hall–Kier alpha value is -1.38. The van der Waals surface area contributed by atoms with Crippen LogP contribution >= 0.6 is 34.7 Å². The van der Waals surface area contributed by atoms with E-state index in [2.05, 4.69) is 5.32 Å². The number of nitrogens with zero attached hydrogens (tertiary/aromatic N) is 2. The van der Waals surface area contributed by atoms with E-state index < -0.39 is 0 Å². The molecule has 2 aliphatic rings. The summed E-state index contributed by atoms with van der Waals surface area (Å²) < 4.78 is 5.34. The number of benzene rings is 1. The smallest absolute Gasteiger partial charge is 0.142 e. The quantitative estimate of drug-likeness (QED) is 0.518. The van der Waals surface area contributed by atoms with E-state index >= 15 is 0 Å². The standard InChI is InChI=1S/C21H22ClN3O2S2/c22-13-4-6-14(7-5-13)28-8-17-24-19(23-9-21(10-26)11-27-12-21)18-15-2-1-3-16(15)29-20(18)25-17/h4-7,26H,1-3,8-12H2,(H,23,24,25). The van der Waals surface area contributed by atoms with Crippen LogP contribution in [0.4, 0.5) is 5.82 Å². The van der Waals surface area contributed by atoms with E-state index in [9.17, 15) is 5.11 Å². The van der Waals surface area contributed by atoms with Crippen LogP contribution < -0.4 is 5.32 Å². The molecule has 2 aromatic heterocycles. The van der Waals surface area contributed by atoms with Crippen molar-refractivity contribution in [3.05, 3.63) is 45.6 Å². The Morgan fingerprint density at radius 2 is 2.03 bits per heavy atom. The van der Waals surface area contributed by atoms with Gasteiger partial charge in [0.1, 0.15) is 16.5 Å². The number of nitrogens with one attached hydrogen (secondary N) is 1. The van der Waals surface area contributed by atoms with E-state index in [-0.39, 0.29) is 12.0 Å². The van der Waals surface area contributed by atoms with E-state index in [1.165, 1.54) is 22.2 Å². The van der Waals surface area contributed by atoms with Crippen LogP contribution in [0.2, 0.25) is 5.02 Å². The molecule has 1 fully saturated rings. The lowest BCUT2D eigenvalue weighted by molar-refractivity contribution is -0.128. The average Bonchev–Trinajstić information content (AvgIpc) is 3.28. The van der Waals surface area contributed by atoms with Crippen molar-refractivity contribution in [3.8, 4) is 0 Å². The van der Waals surface area contributed by atoms with Crippen LogP contribution in [0.1, 0.15) is 22.7 Å². The van der Waals surface area contributed by atoms with Gasteiger partial charge < -0.3 is 15.2 Å². The van der Waals surface area contributed by atoms with Crippen LogP contribution in [0.15, 0.2) is 29.2 Å². The first-order valence-electron chi connectivity index (χ1n) is 9.78. The topological polar surface area (TPSA) is 67.3 Å². The largest absolute Gasteiger partial charge is 0.396 e. The maximum atomic E-state index is 9.76. The Morgan fingerprint density at radius 1 is 1.21 bits per heavy atom. The summed E-state index contributed by atoms with van der Waals surface area (Å²) in [6, 6.07) is 7.84. The summed E-state index contributed by atoms with van der Waals surface area (Å²) >= 11 is 9.50. The molecule has 0 unspecified atom stereocenters. The predicted molar refractivity (Wildman–Crippen MR) is 119 cm³/mol. The second kappa shape index (κ2) is 8.04. The number of thiophene rings is 1. The van der Waals surface area contributed by atoms with Gasteiger partial charge in [0.2, 0.25) is 0 Å². The molecule has 0 atom stereocenters. The molecule has 0 radical (unpaired) electrons. The van der Waals surface area contributed by atoms with Crippen LogP contribution in [-0.4, -0.2) is 41.4 Å². The summed E-state index contributed by atoms with van der Waals surface area (Å²) in [6.45, 7) is 1.96. The molecule has 1 aliphatic carbocycles. The van der Waals surface area contributed by atoms with Gasteiger partial charge in [-0.05, 0) is 49.1 Å². The molecule has 5 nitrogen and oxygen atoms in total. The average molecular weight is 448 g/mol. The van der Waals surface area contributed by atoms with Gasteiger partial charge in [-0.2, -0.15) is 0 Å². The number of aryl methyl sites for hydroxylation is 2. The van der Waals surface area contributed by atoms with Crippen molar-refractivity contribution in [2.75, 3.05) is 31.7 Å². The van der Waals surface area contributed by atoms with Gasteiger partial charge in [-0.15, -0.1) is 23.1 Å². The van der Waals surface area contributed by atoms with Crippen molar-refractivity contribution in [1.82, 2.24) is 9.97 Å². The molecular weight excluding hydrogens is 426 g/mol. The first kappa shape index (κ1) is 19.6. The van der Waals surface area contributed by atoms with Gasteiger partial charge in [0.15, 0.2) is 0 Å². The fraction of sp³-hybridized carbons (Fsp3) is 0.429. The Bertz CT molecular complexity index is 1030. The second-order valence-electron chi connectivity index (χ2n) is 7.77. The third-order valence-electron chi connectivity index (χ3n) is 5.58. The molecule has 1 aliphatic heterocycles. The van der Waals surface area contributed by atoms with Crippen LogP contribution in [0.3, 0.4) is 0 Å². The van der Waals surface area contributed by atoms with Crippen LogP contribution in [0.25, 0.3) is 10.2 Å². The SMILES string of the molecule is OCC1(CNc2nc(CSc3ccc(Cl)cc3)nc3sc4c(c23)CCC4)COC1. The molecule has 0 saturated carbocycles.